The number of nitrogens with two attached hydrogens (primary N) is 1. The summed E-state index contributed by atoms with van der Waals surface area (Å²) in [4.78, 5) is 2.31. The van der Waals surface area contributed by atoms with Gasteiger partial charge in [-0.05, 0) is 37.6 Å². The predicted molar refractivity (Wildman–Crippen MR) is 81.8 cm³/mol. The lowest BCUT2D eigenvalue weighted by Gasteiger charge is -2.21. The summed E-state index contributed by atoms with van der Waals surface area (Å²) >= 11 is 0. The van der Waals surface area contributed by atoms with Crippen LogP contribution in [0.2, 0.25) is 0 Å². The van der Waals surface area contributed by atoms with Gasteiger partial charge in [-0.2, -0.15) is 0 Å². The minimum absolute atomic E-state index is 0.0316. The van der Waals surface area contributed by atoms with Gasteiger partial charge < -0.3 is 10.6 Å². The highest BCUT2D eigenvalue weighted by molar-refractivity contribution is 7.88. The summed E-state index contributed by atoms with van der Waals surface area (Å²) in [5, 5.41) is 0. The zero-order chi connectivity index (χ0) is 14.6. The molecule has 0 amide bonds. The Hall–Kier alpha value is -1.11. The van der Waals surface area contributed by atoms with E-state index < -0.39 is 10.0 Å². The summed E-state index contributed by atoms with van der Waals surface area (Å²) in [6.45, 7) is 3.51. The number of likely N-dealkylation sites (tertiary alicyclic amines) is 1. The van der Waals surface area contributed by atoms with E-state index in [-0.39, 0.29) is 5.75 Å². The summed E-state index contributed by atoms with van der Waals surface area (Å²) in [5.74, 6) is -0.0316. The van der Waals surface area contributed by atoms with Crippen molar-refractivity contribution in [2.75, 3.05) is 39.0 Å². The van der Waals surface area contributed by atoms with Gasteiger partial charge in [-0.25, -0.2) is 12.7 Å². The second-order valence-electron chi connectivity index (χ2n) is 5.33. The molecule has 1 heterocycles. The van der Waals surface area contributed by atoms with E-state index >= 15 is 0 Å². The Bertz CT molecular complexity index is 539. The highest BCUT2D eigenvalue weighted by Crippen LogP contribution is 2.16. The summed E-state index contributed by atoms with van der Waals surface area (Å²) in [6.07, 6.45) is 2.44. The van der Waals surface area contributed by atoms with Gasteiger partial charge in [0, 0.05) is 25.8 Å². The minimum Gasteiger partial charge on any atom is -0.398 e. The van der Waals surface area contributed by atoms with E-state index in [0.29, 0.717) is 17.8 Å². The van der Waals surface area contributed by atoms with Crippen LogP contribution >= 0.6 is 0 Å². The van der Waals surface area contributed by atoms with Crippen molar-refractivity contribution >= 4 is 15.7 Å². The number of hydrogen-bond donors (Lipinski definition) is 1. The Balaban J connectivity index is 1.93. The molecule has 2 N–H and O–H groups in total. The first kappa shape index (κ1) is 15.3. The molecule has 1 saturated heterocycles. The third-order valence-electron chi connectivity index (χ3n) is 3.80. The standard InChI is InChI=1S/C14H23N3O2S/c1-16(10-11-17-8-4-5-9-17)20(18,19)12-13-6-2-3-7-14(13)15/h2-3,6-7H,4-5,8-12,15H2,1H3. The smallest absolute Gasteiger partial charge is 0.218 e. The van der Waals surface area contributed by atoms with Crippen LogP contribution in [0.25, 0.3) is 0 Å². The normalized spacial score (nSPS) is 16.9. The van der Waals surface area contributed by atoms with Crippen LogP contribution < -0.4 is 5.73 Å². The number of sulfonamides is 1. The van der Waals surface area contributed by atoms with Gasteiger partial charge in [-0.1, -0.05) is 18.2 Å². The fourth-order valence-electron chi connectivity index (χ4n) is 2.40. The van der Waals surface area contributed by atoms with Crippen LogP contribution in [-0.2, 0) is 15.8 Å². The summed E-state index contributed by atoms with van der Waals surface area (Å²) in [5.41, 5.74) is 7.01. The molecule has 0 saturated carbocycles. The van der Waals surface area contributed by atoms with Crippen molar-refractivity contribution < 1.29 is 8.42 Å². The van der Waals surface area contributed by atoms with Crippen LogP contribution in [0.1, 0.15) is 18.4 Å². The predicted octanol–water partition coefficient (Wildman–Crippen LogP) is 1.13. The highest BCUT2D eigenvalue weighted by Gasteiger charge is 2.21. The Labute approximate surface area is 121 Å². The summed E-state index contributed by atoms with van der Waals surface area (Å²) in [6, 6.07) is 7.12. The van der Waals surface area contributed by atoms with Crippen LogP contribution in [-0.4, -0.2) is 50.8 Å². The number of nitrogens with zero attached hydrogens (tertiary/aromatic N) is 2. The third-order valence-corrected chi connectivity index (χ3v) is 5.61. The van der Waals surface area contributed by atoms with E-state index in [2.05, 4.69) is 4.90 Å². The molecule has 0 unspecified atom stereocenters. The number of benzene rings is 1. The average Bonchev–Trinajstić information content (AvgIpc) is 2.91. The van der Waals surface area contributed by atoms with Gasteiger partial charge in [0.25, 0.3) is 0 Å². The Morgan fingerprint density at radius 2 is 1.90 bits per heavy atom. The van der Waals surface area contributed by atoms with E-state index in [1.807, 2.05) is 12.1 Å². The Morgan fingerprint density at radius 3 is 2.55 bits per heavy atom. The van der Waals surface area contributed by atoms with Gasteiger partial charge in [0.15, 0.2) is 0 Å². The number of anilines is 1. The number of hydrogen-bond acceptors (Lipinski definition) is 4. The fraction of sp³-hybridized carbons (Fsp3) is 0.571. The largest absolute Gasteiger partial charge is 0.398 e. The van der Waals surface area contributed by atoms with Crippen molar-refractivity contribution in [2.45, 2.75) is 18.6 Å². The molecular formula is C14H23N3O2S. The molecule has 5 nitrogen and oxygen atoms in total. The van der Waals surface area contributed by atoms with Crippen molar-refractivity contribution in [3.63, 3.8) is 0 Å². The molecule has 1 fully saturated rings. The Kier molecular flexibility index (Phi) is 5.01. The SMILES string of the molecule is CN(CCN1CCCC1)S(=O)(=O)Cc1ccccc1N. The number of nitrogen functional groups attached to an aromatic ring is 1. The lowest BCUT2D eigenvalue weighted by atomic mass is 10.2. The van der Waals surface area contributed by atoms with Crippen molar-refractivity contribution in [1.29, 1.82) is 0 Å². The van der Waals surface area contributed by atoms with Crippen molar-refractivity contribution in [3.8, 4) is 0 Å². The highest BCUT2D eigenvalue weighted by atomic mass is 32.2. The maximum Gasteiger partial charge on any atom is 0.218 e. The van der Waals surface area contributed by atoms with E-state index in [9.17, 15) is 8.42 Å². The molecule has 0 spiro atoms. The molecule has 0 aromatic heterocycles. The molecule has 1 aliphatic rings. The van der Waals surface area contributed by atoms with Crippen LogP contribution in [0.5, 0.6) is 0 Å². The lowest BCUT2D eigenvalue weighted by molar-refractivity contribution is 0.310. The minimum atomic E-state index is -3.30. The molecular weight excluding hydrogens is 274 g/mol. The average molecular weight is 297 g/mol. The molecule has 0 bridgehead atoms. The molecule has 0 atom stereocenters. The Morgan fingerprint density at radius 1 is 1.25 bits per heavy atom. The van der Waals surface area contributed by atoms with E-state index in [0.717, 1.165) is 19.6 Å². The first-order valence-electron chi connectivity index (χ1n) is 6.99. The number of para-hydroxylation sites is 1. The van der Waals surface area contributed by atoms with Gasteiger partial charge in [-0.15, -0.1) is 0 Å². The van der Waals surface area contributed by atoms with Gasteiger partial charge in [0.05, 0.1) is 5.75 Å². The zero-order valence-electron chi connectivity index (χ0n) is 12.0. The van der Waals surface area contributed by atoms with E-state index in [1.165, 1.54) is 17.1 Å². The maximum atomic E-state index is 12.3. The van der Waals surface area contributed by atoms with Gasteiger partial charge in [-0.3, -0.25) is 0 Å². The van der Waals surface area contributed by atoms with Gasteiger partial charge in [0.2, 0.25) is 10.0 Å². The molecule has 2 rings (SSSR count). The molecule has 0 aliphatic carbocycles. The summed E-state index contributed by atoms with van der Waals surface area (Å²) in [7, 11) is -1.66. The van der Waals surface area contributed by atoms with Crippen molar-refractivity contribution in [2.24, 2.45) is 0 Å². The first-order chi connectivity index (χ1) is 9.49. The second kappa shape index (κ2) is 6.56. The van der Waals surface area contributed by atoms with Crippen LogP contribution in [0.3, 0.4) is 0 Å². The zero-order valence-corrected chi connectivity index (χ0v) is 12.8. The van der Waals surface area contributed by atoms with Crippen LogP contribution in [0, 0.1) is 0 Å². The van der Waals surface area contributed by atoms with Crippen molar-refractivity contribution in [1.82, 2.24) is 9.21 Å². The molecule has 1 aromatic rings. The molecule has 112 valence electrons. The van der Waals surface area contributed by atoms with Crippen molar-refractivity contribution in [3.05, 3.63) is 29.8 Å². The first-order valence-corrected chi connectivity index (χ1v) is 8.60. The second-order valence-corrected chi connectivity index (χ2v) is 7.40. The quantitative estimate of drug-likeness (QED) is 0.799. The molecule has 1 aliphatic heterocycles. The fourth-order valence-corrected chi connectivity index (χ4v) is 3.64. The monoisotopic (exact) mass is 297 g/mol. The lowest BCUT2D eigenvalue weighted by Crippen LogP contribution is -2.35. The van der Waals surface area contributed by atoms with E-state index in [1.54, 1.807) is 19.2 Å². The van der Waals surface area contributed by atoms with Crippen LogP contribution in [0.15, 0.2) is 24.3 Å². The maximum absolute atomic E-state index is 12.3. The van der Waals surface area contributed by atoms with Crippen LogP contribution in [0.4, 0.5) is 5.69 Å². The molecule has 6 heteroatoms. The van der Waals surface area contributed by atoms with Gasteiger partial charge in [0.1, 0.15) is 0 Å². The molecule has 20 heavy (non-hydrogen) atoms. The van der Waals surface area contributed by atoms with E-state index in [4.69, 9.17) is 5.73 Å². The number of likely N-dealkylation sites (N-methyl/N-ethyl adjacent to an activating group) is 1. The molecule has 0 radical (unpaired) electrons. The van der Waals surface area contributed by atoms with Gasteiger partial charge >= 0.3 is 0 Å². The third kappa shape index (κ3) is 3.94. The molecule has 1 aromatic carbocycles. The number of rotatable bonds is 6. The summed E-state index contributed by atoms with van der Waals surface area (Å²) < 4.78 is 26.1. The topological polar surface area (TPSA) is 66.6 Å².